The number of nitrogens with zero attached hydrogens (tertiary/aromatic N) is 2. The highest BCUT2D eigenvalue weighted by Gasteiger charge is 2.26. The number of aromatic nitrogens is 2. The monoisotopic (exact) mass is 466 g/mol. The SMILES string of the molecule is Cc1nc(N2CCOCC2)[nH]c(=O)c1CCC(=O)NCC(C)(C)c1c(Cl)cccc1Cl. The number of hydrogen-bond donors (Lipinski definition) is 2. The number of rotatable bonds is 7. The Bertz CT molecular complexity index is 980. The summed E-state index contributed by atoms with van der Waals surface area (Å²) in [6, 6.07) is 5.37. The van der Waals surface area contributed by atoms with Crippen LogP contribution in [0.1, 0.15) is 37.1 Å². The molecule has 1 amide bonds. The number of amides is 1. The molecule has 2 N–H and O–H groups in total. The standard InChI is InChI=1S/C22H28Cl2N4O3/c1-14-15(20(30)27-21(26-14)28-9-11-31-12-10-28)7-8-18(29)25-13-22(2,3)19-16(23)5-4-6-17(19)24/h4-6H,7-13H2,1-3H3,(H,25,29)(H,26,27,30). The van der Waals surface area contributed by atoms with Crippen molar-refractivity contribution in [3.63, 3.8) is 0 Å². The Hall–Kier alpha value is -2.09. The van der Waals surface area contributed by atoms with Gasteiger partial charge in [-0.15, -0.1) is 0 Å². The number of H-pyrrole nitrogens is 1. The Morgan fingerprint density at radius 2 is 1.90 bits per heavy atom. The van der Waals surface area contributed by atoms with E-state index in [1.807, 2.05) is 18.7 Å². The van der Waals surface area contributed by atoms with Crippen LogP contribution in [0.2, 0.25) is 10.0 Å². The van der Waals surface area contributed by atoms with E-state index in [9.17, 15) is 9.59 Å². The minimum absolute atomic E-state index is 0.146. The maximum absolute atomic E-state index is 12.6. The summed E-state index contributed by atoms with van der Waals surface area (Å²) < 4.78 is 5.34. The van der Waals surface area contributed by atoms with Gasteiger partial charge in [0.2, 0.25) is 11.9 Å². The number of benzene rings is 1. The van der Waals surface area contributed by atoms with E-state index in [1.165, 1.54) is 0 Å². The molecule has 1 aromatic heterocycles. The maximum atomic E-state index is 12.6. The lowest BCUT2D eigenvalue weighted by Gasteiger charge is -2.28. The third kappa shape index (κ3) is 5.79. The zero-order valence-corrected chi connectivity index (χ0v) is 19.6. The molecule has 9 heteroatoms. The summed E-state index contributed by atoms with van der Waals surface area (Å²) in [5.74, 6) is 0.407. The smallest absolute Gasteiger partial charge is 0.255 e. The number of carbonyl (C=O) groups excluding carboxylic acids is 1. The summed E-state index contributed by atoms with van der Waals surface area (Å²) in [6.45, 7) is 8.73. The van der Waals surface area contributed by atoms with Crippen LogP contribution in [0.5, 0.6) is 0 Å². The molecule has 2 aromatic rings. The highest BCUT2D eigenvalue weighted by atomic mass is 35.5. The molecule has 0 atom stereocenters. The molecule has 0 unspecified atom stereocenters. The lowest BCUT2D eigenvalue weighted by atomic mass is 9.84. The molecule has 1 saturated heterocycles. The molecule has 7 nitrogen and oxygen atoms in total. The molecule has 2 heterocycles. The third-order valence-electron chi connectivity index (χ3n) is 5.49. The fraction of sp³-hybridized carbons (Fsp3) is 0.500. The van der Waals surface area contributed by atoms with Crippen LogP contribution in [0.25, 0.3) is 0 Å². The first-order valence-electron chi connectivity index (χ1n) is 10.3. The number of hydrogen-bond acceptors (Lipinski definition) is 5. The number of nitrogens with one attached hydrogen (secondary N) is 2. The minimum atomic E-state index is -0.445. The van der Waals surface area contributed by atoms with Gasteiger partial charge >= 0.3 is 0 Å². The summed E-state index contributed by atoms with van der Waals surface area (Å²) in [7, 11) is 0. The van der Waals surface area contributed by atoms with Gasteiger partial charge in [0.25, 0.3) is 5.56 Å². The number of halogens is 2. The fourth-order valence-electron chi connectivity index (χ4n) is 3.69. The summed E-state index contributed by atoms with van der Waals surface area (Å²) in [6.07, 6.45) is 0.505. The van der Waals surface area contributed by atoms with Crippen LogP contribution >= 0.6 is 23.2 Å². The Morgan fingerprint density at radius 3 is 2.52 bits per heavy atom. The van der Waals surface area contributed by atoms with Crippen molar-refractivity contribution in [2.45, 2.75) is 39.0 Å². The van der Waals surface area contributed by atoms with Crippen LogP contribution in [0, 0.1) is 6.92 Å². The molecule has 3 rings (SSSR count). The molecule has 0 bridgehead atoms. The van der Waals surface area contributed by atoms with E-state index in [2.05, 4.69) is 15.3 Å². The predicted molar refractivity (Wildman–Crippen MR) is 123 cm³/mol. The zero-order chi connectivity index (χ0) is 22.6. The van der Waals surface area contributed by atoms with Gasteiger partial charge in [-0.2, -0.15) is 0 Å². The van der Waals surface area contributed by atoms with Crippen molar-refractivity contribution in [3.8, 4) is 0 Å². The predicted octanol–water partition coefficient (Wildman–Crippen LogP) is 3.25. The van der Waals surface area contributed by atoms with E-state index >= 15 is 0 Å². The van der Waals surface area contributed by atoms with E-state index < -0.39 is 5.41 Å². The largest absolute Gasteiger partial charge is 0.378 e. The van der Waals surface area contributed by atoms with Crippen LogP contribution in [0.15, 0.2) is 23.0 Å². The quantitative estimate of drug-likeness (QED) is 0.653. The van der Waals surface area contributed by atoms with E-state index in [0.717, 1.165) is 5.56 Å². The molecule has 31 heavy (non-hydrogen) atoms. The first-order valence-corrected chi connectivity index (χ1v) is 11.1. The van der Waals surface area contributed by atoms with Gasteiger partial charge in [-0.3, -0.25) is 14.6 Å². The van der Waals surface area contributed by atoms with Crippen molar-refractivity contribution in [1.29, 1.82) is 0 Å². The Kier molecular flexibility index (Phi) is 7.62. The number of carbonyl (C=O) groups is 1. The number of aromatic amines is 1. The first-order chi connectivity index (χ1) is 14.7. The highest BCUT2D eigenvalue weighted by molar-refractivity contribution is 6.36. The van der Waals surface area contributed by atoms with Gasteiger partial charge in [-0.05, 0) is 31.0 Å². The molecule has 1 aliphatic rings. The second-order valence-electron chi connectivity index (χ2n) is 8.31. The molecule has 1 aromatic carbocycles. The normalized spacial score (nSPS) is 14.5. The van der Waals surface area contributed by atoms with Crippen LogP contribution in [-0.2, 0) is 21.4 Å². The zero-order valence-electron chi connectivity index (χ0n) is 18.1. The molecular formula is C22H28Cl2N4O3. The van der Waals surface area contributed by atoms with Gasteiger partial charge in [-0.1, -0.05) is 43.1 Å². The molecule has 0 radical (unpaired) electrons. The summed E-state index contributed by atoms with van der Waals surface area (Å²) in [5, 5.41) is 4.08. The number of anilines is 1. The minimum Gasteiger partial charge on any atom is -0.378 e. The van der Waals surface area contributed by atoms with Gasteiger partial charge in [0.15, 0.2) is 0 Å². The van der Waals surface area contributed by atoms with Crippen molar-refractivity contribution < 1.29 is 9.53 Å². The average Bonchev–Trinajstić information content (AvgIpc) is 2.72. The van der Waals surface area contributed by atoms with E-state index in [0.29, 0.717) is 66.5 Å². The van der Waals surface area contributed by atoms with Gasteiger partial charge in [0.05, 0.1) is 13.2 Å². The van der Waals surface area contributed by atoms with Gasteiger partial charge in [-0.25, -0.2) is 4.98 Å². The van der Waals surface area contributed by atoms with Crippen molar-refractivity contribution in [2.24, 2.45) is 0 Å². The second-order valence-corrected chi connectivity index (χ2v) is 9.12. The molecule has 1 aliphatic heterocycles. The van der Waals surface area contributed by atoms with Gasteiger partial charge in [0, 0.05) is 52.8 Å². The fourth-order valence-corrected chi connectivity index (χ4v) is 4.60. The third-order valence-corrected chi connectivity index (χ3v) is 6.12. The van der Waals surface area contributed by atoms with Crippen LogP contribution < -0.4 is 15.8 Å². The summed E-state index contributed by atoms with van der Waals surface area (Å²) in [4.78, 5) is 34.4. The summed E-state index contributed by atoms with van der Waals surface area (Å²) >= 11 is 12.6. The Labute approximate surface area is 192 Å². The number of aryl methyl sites for hydroxylation is 1. The van der Waals surface area contributed by atoms with E-state index in [4.69, 9.17) is 27.9 Å². The van der Waals surface area contributed by atoms with Crippen LogP contribution in [-0.4, -0.2) is 48.7 Å². The van der Waals surface area contributed by atoms with Crippen molar-refractivity contribution in [1.82, 2.24) is 15.3 Å². The highest BCUT2D eigenvalue weighted by Crippen LogP contribution is 2.35. The molecule has 0 saturated carbocycles. The maximum Gasteiger partial charge on any atom is 0.255 e. The Morgan fingerprint density at radius 1 is 1.26 bits per heavy atom. The van der Waals surface area contributed by atoms with Gasteiger partial charge < -0.3 is 15.0 Å². The van der Waals surface area contributed by atoms with Gasteiger partial charge in [0.1, 0.15) is 0 Å². The molecule has 1 fully saturated rings. The molecule has 0 aliphatic carbocycles. The average molecular weight is 467 g/mol. The van der Waals surface area contributed by atoms with E-state index in [1.54, 1.807) is 25.1 Å². The molecule has 168 valence electrons. The lowest BCUT2D eigenvalue weighted by Crippen LogP contribution is -2.39. The molecule has 0 spiro atoms. The first kappa shape index (κ1) is 23.6. The van der Waals surface area contributed by atoms with Crippen molar-refractivity contribution in [2.75, 3.05) is 37.7 Å². The van der Waals surface area contributed by atoms with Crippen molar-refractivity contribution >= 4 is 35.1 Å². The molecular weight excluding hydrogens is 439 g/mol. The summed E-state index contributed by atoms with van der Waals surface area (Å²) in [5.41, 5.74) is 1.32. The van der Waals surface area contributed by atoms with Crippen LogP contribution in [0.3, 0.4) is 0 Å². The van der Waals surface area contributed by atoms with Crippen molar-refractivity contribution in [3.05, 3.63) is 55.4 Å². The second kappa shape index (κ2) is 10.0. The van der Waals surface area contributed by atoms with E-state index in [-0.39, 0.29) is 17.9 Å². The number of morpholine rings is 1. The number of ether oxygens (including phenoxy) is 1. The Balaban J connectivity index is 1.60. The topological polar surface area (TPSA) is 87.3 Å². The van der Waals surface area contributed by atoms with Crippen LogP contribution in [0.4, 0.5) is 5.95 Å². The lowest BCUT2D eigenvalue weighted by molar-refractivity contribution is -0.121.